The van der Waals surface area contributed by atoms with Crippen LogP contribution in [0, 0.1) is 0 Å². The van der Waals surface area contributed by atoms with Gasteiger partial charge in [-0.05, 0) is 81.3 Å². The first-order valence-electron chi connectivity index (χ1n) is 15.1. The Morgan fingerprint density at radius 1 is 1.02 bits per heavy atom. The zero-order valence-corrected chi connectivity index (χ0v) is 28.0. The Balaban J connectivity index is 1.69. The van der Waals surface area contributed by atoms with Crippen LogP contribution in [0.25, 0.3) is 0 Å². The van der Waals surface area contributed by atoms with Gasteiger partial charge < -0.3 is 19.3 Å². The maximum absolute atomic E-state index is 14.2. The number of amides is 1. The highest BCUT2D eigenvalue weighted by atomic mass is 35.5. The van der Waals surface area contributed by atoms with Gasteiger partial charge in [0.2, 0.25) is 5.90 Å². The number of alkyl halides is 3. The molecule has 1 amide bonds. The number of carbonyl (C=O) groups excluding carboxylic acids is 2. The molecule has 14 heteroatoms. The normalized spacial score (nSPS) is 17.8. The number of carbonyl (C=O) groups is 2. The third kappa shape index (κ3) is 9.62. The van der Waals surface area contributed by atoms with Crippen molar-refractivity contribution in [1.82, 2.24) is 10.9 Å². The number of halogens is 5. The summed E-state index contributed by atoms with van der Waals surface area (Å²) in [6.07, 6.45) is -5.53. The zero-order valence-electron chi connectivity index (χ0n) is 26.5. The predicted octanol–water partition coefficient (Wildman–Crippen LogP) is 6.97. The summed E-state index contributed by atoms with van der Waals surface area (Å²) in [5.74, 6) is -0.617. The van der Waals surface area contributed by atoms with E-state index in [1.54, 1.807) is 57.2 Å². The minimum Gasteiger partial charge on any atom is -0.494 e. The van der Waals surface area contributed by atoms with E-state index in [1.165, 1.54) is 18.2 Å². The molecule has 0 aromatic heterocycles. The molecule has 48 heavy (non-hydrogen) atoms. The minimum absolute atomic E-state index is 0.00991. The average molecular weight is 711 g/mol. The molecule has 3 aromatic rings. The standard InChI is InChI=1S/C34H36Cl2F3N3O6/c1-32(2,3)48-28(44)15-16-33(31(45)42-40-20-21-5-9-23(10-6-21)34(37,38)39)29(26-14-11-24(35)19-27(26)36)47-30(41-33)22-7-12-25(13-8-22)46-18-4-17-43/h5-14,19,29,40,43H,4,15-18,20H2,1-3H3,(H,42,45)/t29-,33-/m0/s1. The van der Waals surface area contributed by atoms with Gasteiger partial charge in [-0.1, -0.05) is 41.4 Å². The molecule has 0 saturated heterocycles. The Kier molecular flexibility index (Phi) is 12.0. The fraction of sp³-hybridized carbons (Fsp3) is 0.382. The molecule has 0 saturated carbocycles. The third-order valence-electron chi connectivity index (χ3n) is 7.18. The summed E-state index contributed by atoms with van der Waals surface area (Å²) in [5, 5.41) is 9.58. The number of aliphatic imine (C=N–C) groups is 1. The van der Waals surface area contributed by atoms with Gasteiger partial charge in [0.15, 0.2) is 11.6 Å². The Morgan fingerprint density at radius 3 is 2.31 bits per heavy atom. The number of hydrogen-bond acceptors (Lipinski definition) is 8. The Labute approximate surface area is 286 Å². The van der Waals surface area contributed by atoms with Crippen molar-refractivity contribution in [3.63, 3.8) is 0 Å². The van der Waals surface area contributed by atoms with Crippen LogP contribution >= 0.6 is 23.2 Å². The summed E-state index contributed by atoms with van der Waals surface area (Å²) in [7, 11) is 0. The van der Waals surface area contributed by atoms with Crippen molar-refractivity contribution in [3.8, 4) is 5.75 Å². The van der Waals surface area contributed by atoms with Crippen LogP contribution in [-0.4, -0.2) is 47.2 Å². The molecular formula is C34H36Cl2F3N3O6. The van der Waals surface area contributed by atoms with E-state index in [0.717, 1.165) is 12.1 Å². The van der Waals surface area contributed by atoms with Crippen LogP contribution in [-0.2, 0) is 31.8 Å². The molecule has 3 aromatic carbocycles. The molecule has 0 unspecified atom stereocenters. The molecule has 0 fully saturated rings. The lowest BCUT2D eigenvalue weighted by Gasteiger charge is -2.31. The van der Waals surface area contributed by atoms with Crippen LogP contribution in [0.1, 0.15) is 68.4 Å². The number of ether oxygens (including phenoxy) is 3. The highest BCUT2D eigenvalue weighted by molar-refractivity contribution is 6.35. The van der Waals surface area contributed by atoms with Gasteiger partial charge in [0.25, 0.3) is 5.91 Å². The van der Waals surface area contributed by atoms with E-state index in [0.29, 0.717) is 40.5 Å². The fourth-order valence-corrected chi connectivity index (χ4v) is 5.40. The van der Waals surface area contributed by atoms with Crippen LogP contribution in [0.5, 0.6) is 5.75 Å². The number of benzene rings is 3. The lowest BCUT2D eigenvalue weighted by atomic mass is 9.83. The summed E-state index contributed by atoms with van der Waals surface area (Å²) >= 11 is 12.8. The van der Waals surface area contributed by atoms with Crippen molar-refractivity contribution in [2.45, 2.75) is 70.0 Å². The first-order valence-corrected chi connectivity index (χ1v) is 15.8. The third-order valence-corrected chi connectivity index (χ3v) is 7.74. The summed E-state index contributed by atoms with van der Waals surface area (Å²) in [6, 6.07) is 15.9. The molecule has 3 N–H and O–H groups in total. The maximum atomic E-state index is 14.2. The van der Waals surface area contributed by atoms with E-state index in [2.05, 4.69) is 10.9 Å². The zero-order chi connectivity index (χ0) is 35.1. The monoisotopic (exact) mass is 709 g/mol. The topological polar surface area (TPSA) is 118 Å². The van der Waals surface area contributed by atoms with Crippen molar-refractivity contribution < 1.29 is 42.1 Å². The average Bonchev–Trinajstić information content (AvgIpc) is 3.40. The van der Waals surface area contributed by atoms with Gasteiger partial charge in [-0.15, -0.1) is 0 Å². The number of hydrazine groups is 1. The van der Waals surface area contributed by atoms with Gasteiger partial charge >= 0.3 is 12.1 Å². The molecule has 1 aliphatic heterocycles. The van der Waals surface area contributed by atoms with Crippen molar-refractivity contribution >= 4 is 41.0 Å². The molecule has 1 heterocycles. The second kappa shape index (κ2) is 15.6. The van der Waals surface area contributed by atoms with Crippen LogP contribution in [0.15, 0.2) is 71.7 Å². The van der Waals surface area contributed by atoms with Crippen LogP contribution in [0.3, 0.4) is 0 Å². The van der Waals surface area contributed by atoms with Gasteiger partial charge in [-0.3, -0.25) is 15.0 Å². The Hall–Kier alpha value is -3.84. The number of esters is 1. The van der Waals surface area contributed by atoms with E-state index in [4.69, 9.17) is 47.5 Å². The molecular weight excluding hydrogens is 674 g/mol. The second-order valence-electron chi connectivity index (χ2n) is 12.0. The Bertz CT molecular complexity index is 1610. The van der Waals surface area contributed by atoms with Crippen molar-refractivity contribution in [3.05, 3.63) is 99.0 Å². The van der Waals surface area contributed by atoms with Gasteiger partial charge in [0, 0.05) is 47.2 Å². The largest absolute Gasteiger partial charge is 0.494 e. The van der Waals surface area contributed by atoms with E-state index in [-0.39, 0.29) is 36.9 Å². The van der Waals surface area contributed by atoms with Crippen LogP contribution in [0.4, 0.5) is 13.2 Å². The van der Waals surface area contributed by atoms with Crippen LogP contribution in [0.2, 0.25) is 10.0 Å². The van der Waals surface area contributed by atoms with E-state index < -0.39 is 40.9 Å². The van der Waals surface area contributed by atoms with Gasteiger partial charge in [0.05, 0.1) is 12.2 Å². The Morgan fingerprint density at radius 2 is 1.71 bits per heavy atom. The minimum atomic E-state index is -4.48. The molecule has 1 aliphatic rings. The van der Waals surface area contributed by atoms with E-state index in [9.17, 15) is 22.8 Å². The number of aliphatic hydroxyl groups excluding tert-OH is 1. The highest BCUT2D eigenvalue weighted by Crippen LogP contribution is 2.45. The molecule has 9 nitrogen and oxygen atoms in total. The molecule has 0 radical (unpaired) electrons. The van der Waals surface area contributed by atoms with Crippen molar-refractivity contribution in [2.75, 3.05) is 13.2 Å². The number of aliphatic hydroxyl groups is 1. The highest BCUT2D eigenvalue weighted by Gasteiger charge is 2.54. The number of nitrogens with zero attached hydrogens (tertiary/aromatic N) is 1. The SMILES string of the molecule is CC(C)(C)OC(=O)CC[C@]1(C(=O)NNCc2ccc(C(F)(F)F)cc2)N=C(c2ccc(OCCCO)cc2)O[C@H]1c1ccc(Cl)cc1Cl. The lowest BCUT2D eigenvalue weighted by molar-refractivity contribution is -0.155. The molecule has 0 aliphatic carbocycles. The molecule has 2 atom stereocenters. The van der Waals surface area contributed by atoms with E-state index in [1.807, 2.05) is 0 Å². The summed E-state index contributed by atoms with van der Waals surface area (Å²) < 4.78 is 56.6. The van der Waals surface area contributed by atoms with Crippen LogP contribution < -0.4 is 15.6 Å². The van der Waals surface area contributed by atoms with E-state index >= 15 is 0 Å². The number of nitrogens with one attached hydrogen (secondary N) is 2. The summed E-state index contributed by atoms with van der Waals surface area (Å²) in [6.45, 7) is 5.46. The molecule has 0 bridgehead atoms. The van der Waals surface area contributed by atoms with Gasteiger partial charge in [0.1, 0.15) is 11.4 Å². The summed E-state index contributed by atoms with van der Waals surface area (Å²) in [4.78, 5) is 31.9. The number of rotatable bonds is 13. The predicted molar refractivity (Wildman–Crippen MR) is 175 cm³/mol. The molecule has 4 rings (SSSR count). The molecule has 0 spiro atoms. The number of hydrogen-bond donors (Lipinski definition) is 3. The summed E-state index contributed by atoms with van der Waals surface area (Å²) in [5.41, 5.74) is 3.37. The van der Waals surface area contributed by atoms with Gasteiger partial charge in [-0.25, -0.2) is 10.4 Å². The van der Waals surface area contributed by atoms with Gasteiger partial charge in [-0.2, -0.15) is 13.2 Å². The van der Waals surface area contributed by atoms with Crippen molar-refractivity contribution in [1.29, 1.82) is 0 Å². The molecule has 258 valence electrons. The first kappa shape index (κ1) is 37.0. The lowest BCUT2D eigenvalue weighted by Crippen LogP contribution is -2.52. The maximum Gasteiger partial charge on any atom is 0.416 e. The van der Waals surface area contributed by atoms with Crippen molar-refractivity contribution in [2.24, 2.45) is 4.99 Å². The smallest absolute Gasteiger partial charge is 0.416 e. The first-order chi connectivity index (χ1) is 22.6. The fourth-order valence-electron chi connectivity index (χ4n) is 4.89. The quantitative estimate of drug-likeness (QED) is 0.0997. The second-order valence-corrected chi connectivity index (χ2v) is 12.9.